The number of para-hydroxylation sites is 2. The van der Waals surface area contributed by atoms with Crippen molar-refractivity contribution in [2.75, 3.05) is 11.1 Å². The molecule has 148 valence electrons. The van der Waals surface area contributed by atoms with E-state index in [4.69, 9.17) is 4.98 Å². The van der Waals surface area contributed by atoms with Gasteiger partial charge in [0.05, 0.1) is 27.0 Å². The van der Waals surface area contributed by atoms with Gasteiger partial charge in [-0.1, -0.05) is 30.0 Å². The van der Waals surface area contributed by atoms with Crippen LogP contribution < -0.4 is 5.32 Å². The Labute approximate surface area is 181 Å². The number of imidazole rings is 1. The standard InChI is InChI=1S/C23H18N4OS2/c1-14-6-11-19-20(12-14)30-22(25-19)15-7-9-16(10-8-15)24-21(28)13-29-23-26-17-4-2-3-5-18(17)27-23/h2-12H,13H2,1H3,(H,24,28)(H,26,27). The number of thiazole rings is 1. The summed E-state index contributed by atoms with van der Waals surface area (Å²) in [5, 5.41) is 4.66. The van der Waals surface area contributed by atoms with Crippen molar-refractivity contribution in [3.8, 4) is 10.6 Å². The summed E-state index contributed by atoms with van der Waals surface area (Å²) < 4.78 is 1.19. The molecule has 0 aliphatic heterocycles. The number of fused-ring (bicyclic) bond motifs is 2. The molecule has 0 saturated heterocycles. The topological polar surface area (TPSA) is 70.7 Å². The number of hydrogen-bond acceptors (Lipinski definition) is 5. The molecule has 0 aliphatic carbocycles. The smallest absolute Gasteiger partial charge is 0.234 e. The first-order chi connectivity index (χ1) is 14.6. The monoisotopic (exact) mass is 430 g/mol. The predicted octanol–water partition coefficient (Wildman–Crippen LogP) is 5.88. The summed E-state index contributed by atoms with van der Waals surface area (Å²) in [5.41, 5.74) is 5.94. The Bertz CT molecular complexity index is 1320. The van der Waals surface area contributed by atoms with Gasteiger partial charge >= 0.3 is 0 Å². The fraction of sp³-hybridized carbons (Fsp3) is 0.0870. The van der Waals surface area contributed by atoms with E-state index in [0.717, 1.165) is 38.0 Å². The highest BCUT2D eigenvalue weighted by Gasteiger charge is 2.09. The van der Waals surface area contributed by atoms with E-state index in [1.54, 1.807) is 11.3 Å². The SMILES string of the molecule is Cc1ccc2nc(-c3ccc(NC(=O)CSc4nc5ccccc5[nH]4)cc3)sc2c1. The summed E-state index contributed by atoms with van der Waals surface area (Å²) in [6, 6.07) is 21.9. The average Bonchev–Trinajstić information content (AvgIpc) is 3.36. The van der Waals surface area contributed by atoms with Crippen molar-refractivity contribution >= 4 is 55.9 Å². The highest BCUT2D eigenvalue weighted by atomic mass is 32.2. The molecule has 0 saturated carbocycles. The summed E-state index contributed by atoms with van der Waals surface area (Å²) in [5.74, 6) is 0.224. The molecule has 2 N–H and O–H groups in total. The molecular formula is C23H18N4OS2. The van der Waals surface area contributed by atoms with E-state index in [1.807, 2.05) is 48.5 Å². The van der Waals surface area contributed by atoms with Gasteiger partial charge in [0.25, 0.3) is 0 Å². The molecule has 5 aromatic rings. The lowest BCUT2D eigenvalue weighted by Gasteiger charge is -2.05. The van der Waals surface area contributed by atoms with Crippen molar-refractivity contribution in [2.24, 2.45) is 0 Å². The van der Waals surface area contributed by atoms with Crippen LogP contribution in [0.1, 0.15) is 5.56 Å². The van der Waals surface area contributed by atoms with Crippen LogP contribution in [0.2, 0.25) is 0 Å². The van der Waals surface area contributed by atoms with Crippen LogP contribution in [0.4, 0.5) is 5.69 Å². The lowest BCUT2D eigenvalue weighted by molar-refractivity contribution is -0.113. The molecule has 0 fully saturated rings. The second kappa shape index (κ2) is 7.93. The Morgan fingerprint density at radius 2 is 1.87 bits per heavy atom. The normalized spacial score (nSPS) is 11.2. The highest BCUT2D eigenvalue weighted by molar-refractivity contribution is 7.99. The number of nitrogens with zero attached hydrogens (tertiary/aromatic N) is 2. The van der Waals surface area contributed by atoms with Gasteiger partial charge in [-0.3, -0.25) is 4.79 Å². The fourth-order valence-electron chi connectivity index (χ4n) is 3.18. The molecule has 30 heavy (non-hydrogen) atoms. The molecule has 0 unspecified atom stereocenters. The van der Waals surface area contributed by atoms with E-state index in [2.05, 4.69) is 40.4 Å². The van der Waals surface area contributed by atoms with E-state index in [1.165, 1.54) is 22.0 Å². The van der Waals surface area contributed by atoms with Crippen molar-refractivity contribution < 1.29 is 4.79 Å². The van der Waals surface area contributed by atoms with E-state index in [-0.39, 0.29) is 5.91 Å². The summed E-state index contributed by atoms with van der Waals surface area (Å²) in [6.45, 7) is 2.09. The zero-order valence-corrected chi connectivity index (χ0v) is 17.8. The molecule has 0 aliphatic rings. The number of nitrogens with one attached hydrogen (secondary N) is 2. The minimum Gasteiger partial charge on any atom is -0.333 e. The van der Waals surface area contributed by atoms with Gasteiger partial charge < -0.3 is 10.3 Å². The van der Waals surface area contributed by atoms with Gasteiger partial charge in [-0.25, -0.2) is 9.97 Å². The lowest BCUT2D eigenvalue weighted by atomic mass is 10.2. The predicted molar refractivity (Wildman–Crippen MR) is 125 cm³/mol. The third-order valence-corrected chi connectivity index (χ3v) is 6.61. The second-order valence-electron chi connectivity index (χ2n) is 6.96. The fourth-order valence-corrected chi connectivity index (χ4v) is 4.93. The number of thioether (sulfide) groups is 1. The lowest BCUT2D eigenvalue weighted by Crippen LogP contribution is -2.14. The average molecular weight is 431 g/mol. The molecule has 2 heterocycles. The number of benzene rings is 3. The summed E-state index contributed by atoms with van der Waals surface area (Å²) in [7, 11) is 0. The second-order valence-corrected chi connectivity index (χ2v) is 8.96. The van der Waals surface area contributed by atoms with Gasteiger partial charge in [0, 0.05) is 11.3 Å². The molecule has 0 spiro atoms. The number of carbonyl (C=O) groups excluding carboxylic acids is 1. The minimum absolute atomic E-state index is 0.0660. The van der Waals surface area contributed by atoms with Gasteiger partial charge in [-0.05, 0) is 61.0 Å². The number of carbonyl (C=O) groups is 1. The number of rotatable bonds is 5. The maximum Gasteiger partial charge on any atom is 0.234 e. The number of H-pyrrole nitrogens is 1. The highest BCUT2D eigenvalue weighted by Crippen LogP contribution is 2.31. The van der Waals surface area contributed by atoms with Gasteiger partial charge in [0.2, 0.25) is 5.91 Å². The first kappa shape index (κ1) is 18.8. The molecule has 0 radical (unpaired) electrons. The Morgan fingerprint density at radius 3 is 2.70 bits per heavy atom. The van der Waals surface area contributed by atoms with Crippen LogP contribution in [0.25, 0.3) is 31.8 Å². The summed E-state index contributed by atoms with van der Waals surface area (Å²) >= 11 is 3.07. The molecule has 2 aromatic heterocycles. The Balaban J connectivity index is 1.23. The maximum absolute atomic E-state index is 12.3. The van der Waals surface area contributed by atoms with Crippen LogP contribution in [0, 0.1) is 6.92 Å². The van der Waals surface area contributed by atoms with Gasteiger partial charge in [0.15, 0.2) is 5.16 Å². The first-order valence-electron chi connectivity index (χ1n) is 9.49. The zero-order chi connectivity index (χ0) is 20.5. The van der Waals surface area contributed by atoms with Crippen molar-refractivity contribution in [1.82, 2.24) is 15.0 Å². The van der Waals surface area contributed by atoms with Crippen molar-refractivity contribution in [3.05, 3.63) is 72.3 Å². The van der Waals surface area contributed by atoms with Gasteiger partial charge in [0.1, 0.15) is 5.01 Å². The Morgan fingerprint density at radius 1 is 1.03 bits per heavy atom. The Kier molecular flexibility index (Phi) is 4.98. The van der Waals surface area contributed by atoms with Crippen LogP contribution in [-0.2, 0) is 4.79 Å². The molecular weight excluding hydrogens is 412 g/mol. The Hall–Kier alpha value is -3.16. The van der Waals surface area contributed by atoms with Crippen LogP contribution in [0.15, 0.2) is 71.9 Å². The van der Waals surface area contributed by atoms with Crippen LogP contribution in [0.3, 0.4) is 0 Å². The molecule has 5 rings (SSSR count). The third kappa shape index (κ3) is 3.94. The number of aromatic nitrogens is 3. The van der Waals surface area contributed by atoms with Gasteiger partial charge in [-0.2, -0.15) is 0 Å². The minimum atomic E-state index is -0.0660. The van der Waals surface area contributed by atoms with Crippen LogP contribution in [0.5, 0.6) is 0 Å². The van der Waals surface area contributed by atoms with E-state index < -0.39 is 0 Å². The van der Waals surface area contributed by atoms with Crippen molar-refractivity contribution in [3.63, 3.8) is 0 Å². The van der Waals surface area contributed by atoms with Crippen molar-refractivity contribution in [1.29, 1.82) is 0 Å². The number of anilines is 1. The van der Waals surface area contributed by atoms with E-state index in [0.29, 0.717) is 5.75 Å². The molecule has 0 atom stereocenters. The number of aryl methyl sites for hydroxylation is 1. The number of aromatic amines is 1. The number of hydrogen-bond donors (Lipinski definition) is 2. The van der Waals surface area contributed by atoms with E-state index >= 15 is 0 Å². The molecule has 5 nitrogen and oxygen atoms in total. The molecule has 3 aromatic carbocycles. The zero-order valence-electron chi connectivity index (χ0n) is 16.2. The first-order valence-corrected chi connectivity index (χ1v) is 11.3. The van der Waals surface area contributed by atoms with Crippen LogP contribution in [-0.4, -0.2) is 26.6 Å². The molecule has 0 bridgehead atoms. The number of amides is 1. The molecule has 7 heteroatoms. The third-order valence-electron chi connectivity index (χ3n) is 4.67. The maximum atomic E-state index is 12.3. The van der Waals surface area contributed by atoms with Crippen molar-refractivity contribution in [2.45, 2.75) is 12.1 Å². The molecule has 1 amide bonds. The largest absolute Gasteiger partial charge is 0.333 e. The van der Waals surface area contributed by atoms with Crippen LogP contribution >= 0.6 is 23.1 Å². The summed E-state index contributed by atoms with van der Waals surface area (Å²) in [6.07, 6.45) is 0. The van der Waals surface area contributed by atoms with E-state index in [9.17, 15) is 4.79 Å². The summed E-state index contributed by atoms with van der Waals surface area (Å²) in [4.78, 5) is 24.7. The quantitative estimate of drug-likeness (QED) is 0.342. The van der Waals surface area contributed by atoms with Gasteiger partial charge in [-0.15, -0.1) is 11.3 Å².